The molecule has 0 spiro atoms. The summed E-state index contributed by atoms with van der Waals surface area (Å²) in [6.45, 7) is 1.14. The van der Waals surface area contributed by atoms with Crippen LogP contribution in [0, 0.1) is 0 Å². The SMILES string of the molecule is O=C1NC2c3ccccc3OC3(CCOC23)N1Cc1cccs1. The molecule has 118 valence electrons. The molecular formula is C17H16N2O3S. The molecule has 5 rings (SSSR count). The average Bonchev–Trinajstić information content (AvgIpc) is 3.21. The lowest BCUT2D eigenvalue weighted by atomic mass is 9.86. The summed E-state index contributed by atoms with van der Waals surface area (Å²) in [4.78, 5) is 15.7. The Bertz CT molecular complexity index is 763. The molecule has 1 N–H and O–H groups in total. The number of urea groups is 1. The lowest BCUT2D eigenvalue weighted by Crippen LogP contribution is -2.71. The second-order valence-electron chi connectivity index (χ2n) is 6.12. The Kier molecular flexibility index (Phi) is 2.75. The van der Waals surface area contributed by atoms with Crippen LogP contribution in [0.1, 0.15) is 22.9 Å². The van der Waals surface area contributed by atoms with E-state index in [0.717, 1.165) is 16.2 Å². The number of hydrogen-bond acceptors (Lipinski definition) is 4. The van der Waals surface area contributed by atoms with Gasteiger partial charge in [-0.1, -0.05) is 24.3 Å². The number of benzene rings is 1. The van der Waals surface area contributed by atoms with Gasteiger partial charge in [-0.2, -0.15) is 0 Å². The molecule has 0 aliphatic carbocycles. The van der Waals surface area contributed by atoms with Gasteiger partial charge in [-0.15, -0.1) is 11.3 Å². The highest BCUT2D eigenvalue weighted by Crippen LogP contribution is 2.50. The van der Waals surface area contributed by atoms with Crippen LogP contribution in [-0.2, 0) is 11.3 Å². The molecule has 4 heterocycles. The molecule has 5 nitrogen and oxygen atoms in total. The normalized spacial score (nSPS) is 31.1. The number of thiophene rings is 1. The van der Waals surface area contributed by atoms with E-state index in [9.17, 15) is 4.79 Å². The summed E-state index contributed by atoms with van der Waals surface area (Å²) >= 11 is 1.65. The van der Waals surface area contributed by atoms with Gasteiger partial charge in [0.05, 0.1) is 19.2 Å². The summed E-state index contributed by atoms with van der Waals surface area (Å²) in [6, 6.07) is 11.7. The number of hydrogen-bond donors (Lipinski definition) is 1. The van der Waals surface area contributed by atoms with Gasteiger partial charge < -0.3 is 14.8 Å². The van der Waals surface area contributed by atoms with Crippen molar-refractivity contribution in [3.8, 4) is 5.75 Å². The maximum Gasteiger partial charge on any atom is 0.321 e. The van der Waals surface area contributed by atoms with Gasteiger partial charge in [0.2, 0.25) is 5.72 Å². The molecule has 2 aromatic rings. The summed E-state index contributed by atoms with van der Waals surface area (Å²) in [7, 11) is 0. The molecule has 23 heavy (non-hydrogen) atoms. The van der Waals surface area contributed by atoms with Crippen LogP contribution in [0.3, 0.4) is 0 Å². The van der Waals surface area contributed by atoms with E-state index >= 15 is 0 Å². The number of nitrogens with one attached hydrogen (secondary N) is 1. The minimum atomic E-state index is -0.703. The molecule has 1 aromatic carbocycles. The topological polar surface area (TPSA) is 50.8 Å². The molecule has 2 fully saturated rings. The number of fused-ring (bicyclic) bond motifs is 2. The van der Waals surface area contributed by atoms with Crippen molar-refractivity contribution >= 4 is 17.4 Å². The third kappa shape index (κ3) is 1.79. The van der Waals surface area contributed by atoms with Crippen molar-refractivity contribution in [3.05, 3.63) is 52.2 Å². The Morgan fingerprint density at radius 3 is 3.09 bits per heavy atom. The monoisotopic (exact) mass is 328 g/mol. The Morgan fingerprint density at radius 1 is 1.30 bits per heavy atom. The van der Waals surface area contributed by atoms with E-state index in [2.05, 4.69) is 5.32 Å². The number of amides is 2. The lowest BCUT2D eigenvalue weighted by molar-refractivity contribution is -0.148. The van der Waals surface area contributed by atoms with Crippen LogP contribution >= 0.6 is 11.3 Å². The second kappa shape index (κ2) is 4.72. The average molecular weight is 328 g/mol. The van der Waals surface area contributed by atoms with Crippen LogP contribution in [0.25, 0.3) is 0 Å². The van der Waals surface area contributed by atoms with Crippen LogP contribution in [0.5, 0.6) is 5.75 Å². The predicted octanol–water partition coefficient (Wildman–Crippen LogP) is 2.89. The summed E-state index contributed by atoms with van der Waals surface area (Å²) < 4.78 is 12.4. The Labute approximate surface area is 137 Å². The number of carbonyl (C=O) groups is 1. The van der Waals surface area contributed by atoms with Gasteiger partial charge in [0, 0.05) is 16.9 Å². The summed E-state index contributed by atoms with van der Waals surface area (Å²) in [5.41, 5.74) is 0.296. The second-order valence-corrected chi connectivity index (χ2v) is 7.15. The van der Waals surface area contributed by atoms with Gasteiger partial charge in [0.1, 0.15) is 11.9 Å². The fourth-order valence-corrected chi connectivity index (χ4v) is 4.59. The van der Waals surface area contributed by atoms with E-state index in [1.54, 1.807) is 11.3 Å². The van der Waals surface area contributed by atoms with Crippen LogP contribution in [0.15, 0.2) is 41.8 Å². The first kappa shape index (κ1) is 13.4. The fourth-order valence-electron chi connectivity index (χ4n) is 3.90. The molecular weight excluding hydrogens is 312 g/mol. The number of ether oxygens (including phenoxy) is 2. The lowest BCUT2D eigenvalue weighted by Gasteiger charge is -2.53. The molecule has 2 saturated heterocycles. The van der Waals surface area contributed by atoms with Gasteiger partial charge in [-0.25, -0.2) is 4.79 Å². The highest BCUT2D eigenvalue weighted by molar-refractivity contribution is 7.09. The largest absolute Gasteiger partial charge is 0.464 e. The van der Waals surface area contributed by atoms with E-state index < -0.39 is 5.72 Å². The number of carbonyl (C=O) groups excluding carboxylic acids is 1. The fraction of sp³-hybridized carbons (Fsp3) is 0.353. The Hall–Kier alpha value is -2.05. The minimum Gasteiger partial charge on any atom is -0.464 e. The summed E-state index contributed by atoms with van der Waals surface area (Å²) in [5, 5.41) is 5.14. The molecule has 0 radical (unpaired) electrons. The van der Waals surface area contributed by atoms with E-state index in [-0.39, 0.29) is 18.2 Å². The van der Waals surface area contributed by atoms with Crippen molar-refractivity contribution in [2.75, 3.05) is 6.61 Å². The highest BCUT2D eigenvalue weighted by Gasteiger charge is 2.62. The third-order valence-electron chi connectivity index (χ3n) is 4.92. The van der Waals surface area contributed by atoms with E-state index in [0.29, 0.717) is 19.6 Å². The van der Waals surface area contributed by atoms with Gasteiger partial charge in [-0.3, -0.25) is 4.90 Å². The standard InChI is InChI=1S/C17H16N2O3S/c20-16-18-14-12-5-1-2-6-13(12)22-17(7-8-21-15(14)17)19(16)10-11-4-3-9-23-11/h1-6,9,14-15H,7-8,10H2,(H,18,20). The zero-order valence-corrected chi connectivity index (χ0v) is 13.2. The van der Waals surface area contributed by atoms with Crippen molar-refractivity contribution in [1.29, 1.82) is 0 Å². The molecule has 3 atom stereocenters. The molecule has 3 unspecified atom stereocenters. The first-order chi connectivity index (χ1) is 11.3. The predicted molar refractivity (Wildman–Crippen MR) is 85.3 cm³/mol. The third-order valence-corrected chi connectivity index (χ3v) is 5.78. The maximum atomic E-state index is 12.8. The molecule has 1 aromatic heterocycles. The number of nitrogens with zero attached hydrogens (tertiary/aromatic N) is 1. The molecule has 3 aliphatic heterocycles. The minimum absolute atomic E-state index is 0.0837. The smallest absolute Gasteiger partial charge is 0.321 e. The molecule has 3 aliphatic rings. The highest BCUT2D eigenvalue weighted by atomic mass is 32.1. The first-order valence-corrected chi connectivity index (χ1v) is 8.66. The van der Waals surface area contributed by atoms with Gasteiger partial charge in [0.25, 0.3) is 0 Å². The Morgan fingerprint density at radius 2 is 2.22 bits per heavy atom. The molecule has 0 saturated carbocycles. The molecule has 2 bridgehead atoms. The summed E-state index contributed by atoms with van der Waals surface area (Å²) in [5.74, 6) is 0.843. The van der Waals surface area contributed by atoms with Crippen molar-refractivity contribution in [2.45, 2.75) is 30.8 Å². The van der Waals surface area contributed by atoms with Crippen LogP contribution in [0.4, 0.5) is 4.79 Å². The first-order valence-electron chi connectivity index (χ1n) is 7.78. The van der Waals surface area contributed by atoms with Crippen LogP contribution < -0.4 is 10.1 Å². The van der Waals surface area contributed by atoms with E-state index in [4.69, 9.17) is 9.47 Å². The van der Waals surface area contributed by atoms with E-state index in [1.807, 2.05) is 46.7 Å². The number of rotatable bonds is 2. The van der Waals surface area contributed by atoms with Gasteiger partial charge in [0.15, 0.2) is 0 Å². The molecule has 2 amide bonds. The van der Waals surface area contributed by atoms with Crippen LogP contribution in [0.2, 0.25) is 0 Å². The maximum absolute atomic E-state index is 12.8. The van der Waals surface area contributed by atoms with Crippen molar-refractivity contribution in [2.24, 2.45) is 0 Å². The van der Waals surface area contributed by atoms with Gasteiger partial charge >= 0.3 is 6.03 Å². The Balaban J connectivity index is 1.61. The van der Waals surface area contributed by atoms with E-state index in [1.165, 1.54) is 0 Å². The summed E-state index contributed by atoms with van der Waals surface area (Å²) in [6.07, 6.45) is 0.524. The van der Waals surface area contributed by atoms with Crippen molar-refractivity contribution < 1.29 is 14.3 Å². The van der Waals surface area contributed by atoms with Crippen LogP contribution in [-0.4, -0.2) is 29.4 Å². The van der Waals surface area contributed by atoms with Gasteiger partial charge in [-0.05, 0) is 17.5 Å². The zero-order valence-electron chi connectivity index (χ0n) is 12.4. The molecule has 6 heteroatoms. The quantitative estimate of drug-likeness (QED) is 0.922. The van der Waals surface area contributed by atoms with Crippen molar-refractivity contribution in [3.63, 3.8) is 0 Å². The zero-order chi connectivity index (χ0) is 15.4. The number of para-hydroxylation sites is 1. The van der Waals surface area contributed by atoms with Crippen molar-refractivity contribution in [1.82, 2.24) is 10.2 Å².